The molecule has 0 radical (unpaired) electrons. The molecule has 1 atom stereocenters. The highest BCUT2D eigenvalue weighted by atomic mass is 19.3. The number of carboxylic acids is 1. The highest BCUT2D eigenvalue weighted by Crippen LogP contribution is 2.15. The van der Waals surface area contributed by atoms with E-state index in [-0.39, 0.29) is 11.3 Å². The number of carboxylic acid groups (broad SMARTS) is 1. The summed E-state index contributed by atoms with van der Waals surface area (Å²) in [5, 5.41) is 20.1. The molecule has 1 rings (SSSR count). The van der Waals surface area contributed by atoms with Crippen LogP contribution in [-0.2, 0) is 0 Å². The Morgan fingerprint density at radius 2 is 2.00 bits per heavy atom. The van der Waals surface area contributed by atoms with Crippen molar-refractivity contribution in [1.29, 1.82) is 0 Å². The Balaban J connectivity index is 2.70. The van der Waals surface area contributed by atoms with Gasteiger partial charge in [-0.05, 0) is 12.1 Å². The third kappa shape index (κ3) is 3.16. The average molecular weight is 231 g/mol. The van der Waals surface area contributed by atoms with Gasteiger partial charge in [0.25, 0.3) is 6.43 Å². The Labute approximate surface area is 90.5 Å². The van der Waals surface area contributed by atoms with Gasteiger partial charge in [-0.3, -0.25) is 0 Å². The van der Waals surface area contributed by atoms with Crippen LogP contribution in [0.5, 0.6) is 0 Å². The second-order valence-electron chi connectivity index (χ2n) is 3.13. The molecule has 0 aromatic heterocycles. The monoisotopic (exact) mass is 231 g/mol. The second kappa shape index (κ2) is 5.41. The van der Waals surface area contributed by atoms with Crippen LogP contribution in [0, 0.1) is 0 Å². The van der Waals surface area contributed by atoms with Gasteiger partial charge in [0.05, 0.1) is 5.56 Å². The van der Waals surface area contributed by atoms with Gasteiger partial charge in [0.2, 0.25) is 0 Å². The number of rotatable bonds is 5. The van der Waals surface area contributed by atoms with E-state index in [9.17, 15) is 13.6 Å². The fourth-order valence-corrected chi connectivity index (χ4v) is 1.13. The Bertz CT molecular complexity index is 371. The number of alkyl halides is 2. The molecule has 1 unspecified atom stereocenters. The number of nitrogens with one attached hydrogen (secondary N) is 1. The maximum Gasteiger partial charge on any atom is 0.337 e. The summed E-state index contributed by atoms with van der Waals surface area (Å²) in [5.74, 6) is -1.16. The molecule has 6 heteroatoms. The molecule has 0 saturated carbocycles. The first-order valence-corrected chi connectivity index (χ1v) is 4.54. The highest BCUT2D eigenvalue weighted by molar-refractivity contribution is 5.94. The number of carbonyl (C=O) groups is 1. The number of hydrogen-bond donors (Lipinski definition) is 3. The number of benzene rings is 1. The molecule has 3 N–H and O–H groups in total. The molecule has 0 aliphatic rings. The number of aliphatic hydroxyl groups excluding tert-OH is 1. The molecule has 1 aromatic carbocycles. The summed E-state index contributed by atoms with van der Waals surface area (Å²) >= 11 is 0. The summed E-state index contributed by atoms with van der Waals surface area (Å²) in [7, 11) is 0. The summed E-state index contributed by atoms with van der Waals surface area (Å²) in [4.78, 5) is 10.7. The predicted molar refractivity (Wildman–Crippen MR) is 53.9 cm³/mol. The Hall–Kier alpha value is -1.69. The third-order valence-electron chi connectivity index (χ3n) is 1.95. The fourth-order valence-electron chi connectivity index (χ4n) is 1.13. The van der Waals surface area contributed by atoms with E-state index in [4.69, 9.17) is 10.2 Å². The Morgan fingerprint density at radius 3 is 2.56 bits per heavy atom. The van der Waals surface area contributed by atoms with E-state index in [0.717, 1.165) is 0 Å². The van der Waals surface area contributed by atoms with Gasteiger partial charge in [-0.2, -0.15) is 0 Å². The maximum atomic E-state index is 12.0. The first-order chi connectivity index (χ1) is 7.52. The minimum Gasteiger partial charge on any atom is -0.478 e. The van der Waals surface area contributed by atoms with E-state index >= 15 is 0 Å². The zero-order chi connectivity index (χ0) is 12.1. The van der Waals surface area contributed by atoms with Crippen LogP contribution in [0.2, 0.25) is 0 Å². The summed E-state index contributed by atoms with van der Waals surface area (Å²) < 4.78 is 24.0. The van der Waals surface area contributed by atoms with Crippen molar-refractivity contribution in [3.05, 3.63) is 29.8 Å². The first-order valence-electron chi connectivity index (χ1n) is 4.54. The van der Waals surface area contributed by atoms with Crippen LogP contribution in [0.4, 0.5) is 14.5 Å². The SMILES string of the molecule is O=C(O)c1ccccc1NCC(O)C(F)F. The van der Waals surface area contributed by atoms with Crippen molar-refractivity contribution in [3.8, 4) is 0 Å². The van der Waals surface area contributed by atoms with Crippen LogP contribution in [0.15, 0.2) is 24.3 Å². The summed E-state index contributed by atoms with van der Waals surface area (Å²) in [6.45, 7) is -0.401. The van der Waals surface area contributed by atoms with Crippen LogP contribution in [0.1, 0.15) is 10.4 Å². The smallest absolute Gasteiger partial charge is 0.337 e. The van der Waals surface area contributed by atoms with Crippen LogP contribution in [0.3, 0.4) is 0 Å². The number of aliphatic hydroxyl groups is 1. The molecule has 0 fully saturated rings. The van der Waals surface area contributed by atoms with Crippen molar-refractivity contribution in [2.75, 3.05) is 11.9 Å². The van der Waals surface area contributed by atoms with Crippen molar-refractivity contribution >= 4 is 11.7 Å². The van der Waals surface area contributed by atoms with Gasteiger partial charge in [0, 0.05) is 12.2 Å². The molecule has 0 bridgehead atoms. The quantitative estimate of drug-likeness (QED) is 0.716. The Morgan fingerprint density at radius 1 is 1.38 bits per heavy atom. The third-order valence-corrected chi connectivity index (χ3v) is 1.95. The fraction of sp³-hybridized carbons (Fsp3) is 0.300. The van der Waals surface area contributed by atoms with Crippen molar-refractivity contribution < 1.29 is 23.8 Å². The molecule has 0 amide bonds. The standard InChI is InChI=1S/C10H11F2NO3/c11-9(12)8(14)5-13-7-4-2-1-3-6(7)10(15)16/h1-4,8-9,13-14H,5H2,(H,15,16). The molecule has 0 aliphatic heterocycles. The minimum atomic E-state index is -2.86. The molecule has 88 valence electrons. The summed E-state index contributed by atoms with van der Waals surface area (Å²) in [6, 6.07) is 5.89. The number of hydrogen-bond acceptors (Lipinski definition) is 3. The van der Waals surface area contributed by atoms with E-state index in [1.165, 1.54) is 18.2 Å². The van der Waals surface area contributed by atoms with Gasteiger partial charge in [0.15, 0.2) is 0 Å². The topological polar surface area (TPSA) is 69.6 Å². The molecule has 0 heterocycles. The molecule has 0 saturated heterocycles. The predicted octanol–water partition coefficient (Wildman–Crippen LogP) is 1.42. The van der Waals surface area contributed by atoms with E-state index < -0.39 is 25.0 Å². The van der Waals surface area contributed by atoms with Gasteiger partial charge in [-0.1, -0.05) is 12.1 Å². The lowest BCUT2D eigenvalue weighted by molar-refractivity contribution is 0.00384. The lowest BCUT2D eigenvalue weighted by Gasteiger charge is -2.13. The number of aromatic carboxylic acids is 1. The van der Waals surface area contributed by atoms with Gasteiger partial charge in [-0.25, -0.2) is 13.6 Å². The normalized spacial score (nSPS) is 12.5. The molecule has 16 heavy (non-hydrogen) atoms. The minimum absolute atomic E-state index is 0.0241. The number of halogens is 2. The highest BCUT2D eigenvalue weighted by Gasteiger charge is 2.17. The van der Waals surface area contributed by atoms with E-state index in [1.54, 1.807) is 6.07 Å². The van der Waals surface area contributed by atoms with Crippen LogP contribution < -0.4 is 5.32 Å². The Kier molecular flexibility index (Phi) is 4.19. The first kappa shape index (κ1) is 12.4. The van der Waals surface area contributed by atoms with E-state index in [0.29, 0.717) is 0 Å². The molecule has 0 spiro atoms. The van der Waals surface area contributed by atoms with E-state index in [2.05, 4.69) is 5.32 Å². The van der Waals surface area contributed by atoms with Crippen LogP contribution in [0.25, 0.3) is 0 Å². The lowest BCUT2D eigenvalue weighted by atomic mass is 10.2. The zero-order valence-corrected chi connectivity index (χ0v) is 8.23. The largest absolute Gasteiger partial charge is 0.478 e. The van der Waals surface area contributed by atoms with Crippen molar-refractivity contribution in [2.45, 2.75) is 12.5 Å². The van der Waals surface area contributed by atoms with Crippen LogP contribution in [-0.4, -0.2) is 35.3 Å². The molecule has 4 nitrogen and oxygen atoms in total. The van der Waals surface area contributed by atoms with Crippen molar-refractivity contribution in [2.24, 2.45) is 0 Å². The van der Waals surface area contributed by atoms with Gasteiger partial charge < -0.3 is 15.5 Å². The van der Waals surface area contributed by atoms with Gasteiger partial charge >= 0.3 is 5.97 Å². The summed E-state index contributed by atoms with van der Waals surface area (Å²) in [5.41, 5.74) is 0.179. The molecular formula is C10H11F2NO3. The van der Waals surface area contributed by atoms with E-state index in [1.807, 2.05) is 0 Å². The van der Waals surface area contributed by atoms with Gasteiger partial charge in [0.1, 0.15) is 6.10 Å². The lowest BCUT2D eigenvalue weighted by Crippen LogP contribution is -2.27. The van der Waals surface area contributed by atoms with Crippen molar-refractivity contribution in [1.82, 2.24) is 0 Å². The molecule has 1 aromatic rings. The molecular weight excluding hydrogens is 220 g/mol. The second-order valence-corrected chi connectivity index (χ2v) is 3.13. The summed E-state index contributed by atoms with van der Waals surface area (Å²) in [6.07, 6.45) is -4.67. The zero-order valence-electron chi connectivity index (χ0n) is 8.23. The number of anilines is 1. The van der Waals surface area contributed by atoms with Gasteiger partial charge in [-0.15, -0.1) is 0 Å². The van der Waals surface area contributed by atoms with Crippen LogP contribution >= 0.6 is 0 Å². The number of para-hydroxylation sites is 1. The van der Waals surface area contributed by atoms with Crippen molar-refractivity contribution in [3.63, 3.8) is 0 Å². The average Bonchev–Trinajstić information content (AvgIpc) is 2.25. The maximum absolute atomic E-state index is 12.0. The molecule has 0 aliphatic carbocycles.